The average Bonchev–Trinajstić information content (AvgIpc) is 2.48. The summed E-state index contributed by atoms with van der Waals surface area (Å²) < 4.78 is 5.85. The van der Waals surface area contributed by atoms with Crippen LogP contribution in [0.1, 0.15) is 58.8 Å². The van der Waals surface area contributed by atoms with Gasteiger partial charge in [0.05, 0.1) is 12.7 Å². The van der Waals surface area contributed by atoms with Crippen LogP contribution in [0.2, 0.25) is 0 Å². The molecule has 4 aliphatic carbocycles. The van der Waals surface area contributed by atoms with Gasteiger partial charge in [-0.3, -0.25) is 0 Å². The molecule has 3 nitrogen and oxygen atoms in total. The zero-order valence-electron chi connectivity index (χ0n) is 14.6. The Morgan fingerprint density at radius 3 is 2.09 bits per heavy atom. The molecule has 1 atom stereocenters. The third-order valence-corrected chi connectivity index (χ3v) is 6.62. The third-order valence-electron chi connectivity index (χ3n) is 6.62. The quantitative estimate of drug-likeness (QED) is 0.663. The van der Waals surface area contributed by atoms with Crippen molar-refractivity contribution in [2.24, 2.45) is 23.2 Å². The maximum Gasteiger partial charge on any atom is 0.0900 e. The summed E-state index contributed by atoms with van der Waals surface area (Å²) in [6.07, 6.45) is 9.83. The molecule has 0 unspecified atom stereocenters. The standard InChI is InChI=1S/C19H35NO2/c1-3-20(4-2)13-18(21)14-22-6-5-19-10-15-7-16(11-19)9-17(8-15)12-19/h15-18,21H,3-14H2,1-2H3/t15?,16?,17?,18-,19?/m0/s1. The van der Waals surface area contributed by atoms with Gasteiger partial charge < -0.3 is 14.7 Å². The molecule has 4 rings (SSSR count). The Morgan fingerprint density at radius 2 is 1.59 bits per heavy atom. The van der Waals surface area contributed by atoms with Crippen molar-refractivity contribution in [3.05, 3.63) is 0 Å². The van der Waals surface area contributed by atoms with Crippen LogP contribution in [0.15, 0.2) is 0 Å². The zero-order chi connectivity index (χ0) is 15.6. The van der Waals surface area contributed by atoms with Crippen molar-refractivity contribution in [1.82, 2.24) is 4.90 Å². The van der Waals surface area contributed by atoms with Gasteiger partial charge in [0.2, 0.25) is 0 Å². The van der Waals surface area contributed by atoms with Crippen molar-refractivity contribution >= 4 is 0 Å². The highest BCUT2D eigenvalue weighted by atomic mass is 16.5. The molecule has 0 aromatic rings. The topological polar surface area (TPSA) is 32.7 Å². The summed E-state index contributed by atoms with van der Waals surface area (Å²) in [5.41, 5.74) is 0.610. The van der Waals surface area contributed by atoms with Gasteiger partial charge in [0.15, 0.2) is 0 Å². The molecule has 1 N–H and O–H groups in total. The van der Waals surface area contributed by atoms with Gasteiger partial charge in [0, 0.05) is 13.2 Å². The van der Waals surface area contributed by atoms with Crippen LogP contribution in [0.4, 0.5) is 0 Å². The minimum Gasteiger partial charge on any atom is -0.389 e. The molecular weight excluding hydrogens is 274 g/mol. The van der Waals surface area contributed by atoms with Crippen LogP contribution in [0.3, 0.4) is 0 Å². The summed E-state index contributed by atoms with van der Waals surface area (Å²) in [6, 6.07) is 0. The summed E-state index contributed by atoms with van der Waals surface area (Å²) in [6.45, 7) is 8.38. The Morgan fingerprint density at radius 1 is 1.05 bits per heavy atom. The highest BCUT2D eigenvalue weighted by Gasteiger charge is 2.50. The molecule has 4 saturated carbocycles. The molecule has 0 aromatic carbocycles. The number of hydrogen-bond acceptors (Lipinski definition) is 3. The summed E-state index contributed by atoms with van der Waals surface area (Å²) in [5.74, 6) is 3.08. The molecule has 0 aliphatic heterocycles. The monoisotopic (exact) mass is 309 g/mol. The minimum absolute atomic E-state index is 0.337. The third kappa shape index (κ3) is 3.85. The Hall–Kier alpha value is -0.120. The predicted octanol–water partition coefficient (Wildman–Crippen LogP) is 3.31. The number of rotatable bonds is 9. The fraction of sp³-hybridized carbons (Fsp3) is 1.00. The van der Waals surface area contributed by atoms with Gasteiger partial charge in [-0.05, 0) is 81.2 Å². The first kappa shape index (κ1) is 16.7. The van der Waals surface area contributed by atoms with E-state index in [0.29, 0.717) is 12.0 Å². The normalized spacial score (nSPS) is 37.9. The van der Waals surface area contributed by atoms with Gasteiger partial charge in [0.1, 0.15) is 0 Å². The van der Waals surface area contributed by atoms with E-state index in [4.69, 9.17) is 4.74 Å². The number of aliphatic hydroxyl groups excluding tert-OH is 1. The summed E-state index contributed by atoms with van der Waals surface area (Å²) in [5, 5.41) is 10.1. The Bertz CT molecular complexity index is 318. The lowest BCUT2D eigenvalue weighted by Gasteiger charge is -2.57. The lowest BCUT2D eigenvalue weighted by Crippen LogP contribution is -2.46. The number of ether oxygens (including phenoxy) is 1. The first-order valence-electron chi connectivity index (χ1n) is 9.60. The Labute approximate surface area is 136 Å². The second-order valence-electron chi connectivity index (χ2n) is 8.38. The molecule has 128 valence electrons. The molecule has 0 heterocycles. The number of nitrogens with zero attached hydrogens (tertiary/aromatic N) is 1. The molecule has 0 spiro atoms. The molecule has 22 heavy (non-hydrogen) atoms. The van der Waals surface area contributed by atoms with Crippen LogP contribution in [-0.4, -0.2) is 49.0 Å². The van der Waals surface area contributed by atoms with Gasteiger partial charge in [-0.1, -0.05) is 13.8 Å². The Kier molecular flexibility index (Phi) is 5.47. The van der Waals surface area contributed by atoms with Crippen LogP contribution >= 0.6 is 0 Å². The number of likely N-dealkylation sites (N-methyl/N-ethyl adjacent to an activating group) is 1. The zero-order valence-corrected chi connectivity index (χ0v) is 14.6. The fourth-order valence-corrected chi connectivity index (χ4v) is 5.94. The van der Waals surface area contributed by atoms with E-state index >= 15 is 0 Å². The molecule has 0 aromatic heterocycles. The van der Waals surface area contributed by atoms with E-state index in [1.807, 2.05) is 0 Å². The van der Waals surface area contributed by atoms with Crippen molar-refractivity contribution in [1.29, 1.82) is 0 Å². The van der Waals surface area contributed by atoms with Gasteiger partial charge in [-0.2, -0.15) is 0 Å². The van der Waals surface area contributed by atoms with E-state index in [0.717, 1.165) is 44.0 Å². The lowest BCUT2D eigenvalue weighted by atomic mass is 9.49. The van der Waals surface area contributed by atoms with E-state index in [1.165, 1.54) is 44.9 Å². The fourth-order valence-electron chi connectivity index (χ4n) is 5.94. The van der Waals surface area contributed by atoms with Gasteiger partial charge in [-0.15, -0.1) is 0 Å². The second-order valence-corrected chi connectivity index (χ2v) is 8.38. The van der Waals surface area contributed by atoms with Gasteiger partial charge >= 0.3 is 0 Å². The lowest BCUT2D eigenvalue weighted by molar-refractivity contribution is -0.0740. The molecule has 0 amide bonds. The van der Waals surface area contributed by atoms with Gasteiger partial charge in [-0.25, -0.2) is 0 Å². The molecule has 4 aliphatic rings. The van der Waals surface area contributed by atoms with E-state index in [1.54, 1.807) is 0 Å². The highest BCUT2D eigenvalue weighted by Crippen LogP contribution is 2.61. The molecular formula is C19H35NO2. The predicted molar refractivity (Wildman–Crippen MR) is 89.8 cm³/mol. The Balaban J connectivity index is 1.37. The first-order chi connectivity index (χ1) is 10.6. The molecule has 0 radical (unpaired) electrons. The van der Waals surface area contributed by atoms with Crippen molar-refractivity contribution in [2.45, 2.75) is 64.9 Å². The van der Waals surface area contributed by atoms with Crippen molar-refractivity contribution in [3.8, 4) is 0 Å². The van der Waals surface area contributed by atoms with Crippen molar-refractivity contribution in [2.75, 3.05) is 32.8 Å². The molecule has 0 saturated heterocycles. The summed E-state index contributed by atoms with van der Waals surface area (Å²) in [7, 11) is 0. The number of hydrogen-bond donors (Lipinski definition) is 1. The summed E-state index contributed by atoms with van der Waals surface area (Å²) in [4.78, 5) is 2.26. The van der Waals surface area contributed by atoms with E-state index in [9.17, 15) is 5.11 Å². The SMILES string of the molecule is CCN(CC)C[C@H](O)COCCC12CC3CC(CC(C3)C1)C2. The maximum absolute atomic E-state index is 10.1. The van der Waals surface area contributed by atoms with Crippen LogP contribution in [-0.2, 0) is 4.74 Å². The van der Waals surface area contributed by atoms with Crippen LogP contribution < -0.4 is 0 Å². The molecule has 3 heteroatoms. The van der Waals surface area contributed by atoms with Crippen molar-refractivity contribution < 1.29 is 9.84 Å². The van der Waals surface area contributed by atoms with E-state index in [2.05, 4.69) is 18.7 Å². The van der Waals surface area contributed by atoms with Gasteiger partial charge in [0.25, 0.3) is 0 Å². The number of aliphatic hydroxyl groups is 1. The minimum atomic E-state index is -0.337. The van der Waals surface area contributed by atoms with E-state index in [-0.39, 0.29) is 6.10 Å². The average molecular weight is 309 g/mol. The first-order valence-corrected chi connectivity index (χ1v) is 9.60. The maximum atomic E-state index is 10.1. The van der Waals surface area contributed by atoms with Crippen LogP contribution in [0.5, 0.6) is 0 Å². The molecule has 4 bridgehead atoms. The van der Waals surface area contributed by atoms with Crippen LogP contribution in [0.25, 0.3) is 0 Å². The van der Waals surface area contributed by atoms with Crippen molar-refractivity contribution in [3.63, 3.8) is 0 Å². The smallest absolute Gasteiger partial charge is 0.0900 e. The molecule has 4 fully saturated rings. The largest absolute Gasteiger partial charge is 0.389 e. The summed E-state index contributed by atoms with van der Waals surface area (Å²) >= 11 is 0. The highest BCUT2D eigenvalue weighted by molar-refractivity contribution is 5.01. The van der Waals surface area contributed by atoms with Crippen LogP contribution in [0, 0.1) is 23.2 Å². The van der Waals surface area contributed by atoms with E-state index < -0.39 is 0 Å². The second kappa shape index (κ2) is 7.19.